The zero-order valence-electron chi connectivity index (χ0n) is 22.2. The van der Waals surface area contributed by atoms with Crippen LogP contribution in [-0.4, -0.2) is 34.0 Å². The number of hydrogen-bond donors (Lipinski definition) is 1. The maximum absolute atomic E-state index is 12.3. The Bertz CT molecular complexity index is 1310. The molecule has 0 aliphatic carbocycles. The van der Waals surface area contributed by atoms with Crippen LogP contribution in [0.4, 0.5) is 0 Å². The number of nitrogens with zero attached hydrogens (tertiary/aromatic N) is 1. The van der Waals surface area contributed by atoms with E-state index in [1.54, 1.807) is 18.2 Å². The zero-order chi connectivity index (χ0) is 27.0. The number of carbonyl (C=O) groups excluding carboxylic acids is 1. The molecule has 0 aliphatic rings. The molecule has 4 aromatic rings. The van der Waals surface area contributed by atoms with E-state index >= 15 is 0 Å². The summed E-state index contributed by atoms with van der Waals surface area (Å²) in [6.45, 7) is 5.45. The highest BCUT2D eigenvalue weighted by molar-refractivity contribution is 7.99. The first-order chi connectivity index (χ1) is 18.3. The van der Waals surface area contributed by atoms with Crippen LogP contribution >= 0.6 is 11.8 Å². The van der Waals surface area contributed by atoms with Gasteiger partial charge in [-0.25, -0.2) is 9.78 Å². The third kappa shape index (κ3) is 8.36. The summed E-state index contributed by atoms with van der Waals surface area (Å²) in [4.78, 5) is 17.9. The summed E-state index contributed by atoms with van der Waals surface area (Å²) in [6, 6.07) is 23.4. The van der Waals surface area contributed by atoms with Crippen molar-refractivity contribution in [2.75, 3.05) is 12.4 Å². The number of aryl methyl sites for hydroxylation is 1. The fourth-order valence-electron chi connectivity index (χ4n) is 3.87. The van der Waals surface area contributed by atoms with E-state index in [0.717, 1.165) is 12.2 Å². The van der Waals surface area contributed by atoms with Crippen LogP contribution in [0.15, 0.2) is 82.1 Å². The maximum Gasteiger partial charge on any atom is 0.338 e. The van der Waals surface area contributed by atoms with Crippen LogP contribution in [0.2, 0.25) is 0 Å². The molecular weight excluding hydrogens is 498 g/mol. The number of thioether (sulfide) groups is 1. The van der Waals surface area contributed by atoms with Crippen LogP contribution in [0.1, 0.15) is 67.9 Å². The van der Waals surface area contributed by atoms with E-state index < -0.39 is 17.7 Å². The van der Waals surface area contributed by atoms with Crippen LogP contribution in [0, 0.1) is 0 Å². The molecule has 3 aromatic carbocycles. The van der Waals surface area contributed by atoms with Gasteiger partial charge in [-0.15, -0.1) is 11.8 Å². The van der Waals surface area contributed by atoms with E-state index in [-0.39, 0.29) is 12.5 Å². The number of esters is 1. The summed E-state index contributed by atoms with van der Waals surface area (Å²) < 4.78 is 16.8. The van der Waals surface area contributed by atoms with Crippen molar-refractivity contribution < 1.29 is 23.8 Å². The third-order valence-corrected chi connectivity index (χ3v) is 6.87. The van der Waals surface area contributed by atoms with E-state index in [0.29, 0.717) is 22.4 Å². The second-order valence-corrected chi connectivity index (χ2v) is 11.3. The predicted molar refractivity (Wildman–Crippen MR) is 151 cm³/mol. The highest BCUT2D eigenvalue weighted by Gasteiger charge is 2.20. The highest BCUT2D eigenvalue weighted by Crippen LogP contribution is 2.26. The van der Waals surface area contributed by atoms with E-state index in [4.69, 9.17) is 13.9 Å². The molecule has 7 heteroatoms. The molecule has 6 nitrogen and oxygen atoms in total. The second-order valence-electron chi connectivity index (χ2n) is 10.2. The molecule has 1 unspecified atom stereocenters. The standard InChI is InChI=1S/C31H35NO5S/c1-31(2,3)37-30(34)23-13-18-28-26(20-23)32-29(36-28)27(33)21-35-24-14-16-25(17-15-24)38-19-9-5-8-12-22-10-6-4-7-11-22/h4,6-7,10-11,13-18,20,27,33H,5,8-9,12,19,21H2,1-3H3. The quantitative estimate of drug-likeness (QED) is 0.115. The van der Waals surface area contributed by atoms with Crippen LogP contribution < -0.4 is 4.74 Å². The third-order valence-electron chi connectivity index (χ3n) is 5.78. The summed E-state index contributed by atoms with van der Waals surface area (Å²) in [7, 11) is 0. The number of hydrogen-bond acceptors (Lipinski definition) is 7. The van der Waals surface area contributed by atoms with E-state index in [1.807, 2.05) is 56.8 Å². The van der Waals surface area contributed by atoms with Crippen molar-refractivity contribution in [2.45, 2.75) is 63.1 Å². The Morgan fingerprint density at radius 3 is 2.50 bits per heavy atom. The topological polar surface area (TPSA) is 81.8 Å². The molecule has 200 valence electrons. The van der Waals surface area contributed by atoms with Crippen LogP contribution in [0.5, 0.6) is 5.75 Å². The number of rotatable bonds is 12. The summed E-state index contributed by atoms with van der Waals surface area (Å²) >= 11 is 1.84. The minimum absolute atomic E-state index is 0.000349. The van der Waals surface area contributed by atoms with Gasteiger partial charge in [0.05, 0.1) is 5.56 Å². The van der Waals surface area contributed by atoms with Gasteiger partial charge < -0.3 is 19.0 Å². The highest BCUT2D eigenvalue weighted by atomic mass is 32.2. The van der Waals surface area contributed by atoms with Gasteiger partial charge in [-0.1, -0.05) is 36.8 Å². The van der Waals surface area contributed by atoms with Crippen molar-refractivity contribution in [1.29, 1.82) is 0 Å². The number of aliphatic hydroxyl groups is 1. The molecular formula is C31H35NO5S. The lowest BCUT2D eigenvalue weighted by atomic mass is 10.1. The van der Waals surface area contributed by atoms with Crippen molar-refractivity contribution in [3.05, 3.63) is 89.8 Å². The molecule has 1 aromatic heterocycles. The number of aliphatic hydroxyl groups excluding tert-OH is 1. The Morgan fingerprint density at radius 1 is 1.00 bits per heavy atom. The first-order valence-corrected chi connectivity index (χ1v) is 14.0. The summed E-state index contributed by atoms with van der Waals surface area (Å²) in [5.74, 6) is 1.46. The minimum atomic E-state index is -1.04. The van der Waals surface area contributed by atoms with Gasteiger partial charge in [0.1, 0.15) is 23.5 Å². The Hall–Kier alpha value is -3.29. The predicted octanol–water partition coefficient (Wildman–Crippen LogP) is 7.40. The van der Waals surface area contributed by atoms with Crippen molar-refractivity contribution >= 4 is 28.8 Å². The molecule has 0 saturated carbocycles. The van der Waals surface area contributed by atoms with E-state index in [1.165, 1.54) is 29.7 Å². The lowest BCUT2D eigenvalue weighted by Crippen LogP contribution is -2.23. The normalized spacial score (nSPS) is 12.4. The fourth-order valence-corrected chi connectivity index (χ4v) is 4.79. The lowest BCUT2D eigenvalue weighted by Gasteiger charge is -2.19. The number of benzene rings is 3. The number of carbonyl (C=O) groups is 1. The van der Waals surface area contributed by atoms with Crippen LogP contribution in [-0.2, 0) is 11.2 Å². The van der Waals surface area contributed by atoms with E-state index in [9.17, 15) is 9.90 Å². The number of fused-ring (bicyclic) bond motifs is 1. The summed E-state index contributed by atoms with van der Waals surface area (Å²) in [5.41, 5.74) is 2.15. The largest absolute Gasteiger partial charge is 0.490 e. The van der Waals surface area contributed by atoms with Crippen molar-refractivity contribution in [2.24, 2.45) is 0 Å². The average molecular weight is 534 g/mol. The molecule has 1 atom stereocenters. The van der Waals surface area contributed by atoms with Gasteiger partial charge in [0.15, 0.2) is 11.7 Å². The molecule has 1 N–H and O–H groups in total. The Kier molecular flexibility index (Phi) is 9.48. The summed E-state index contributed by atoms with van der Waals surface area (Å²) in [6.07, 6.45) is 3.72. The van der Waals surface area contributed by atoms with Gasteiger partial charge in [0.25, 0.3) is 0 Å². The smallest absolute Gasteiger partial charge is 0.338 e. The minimum Gasteiger partial charge on any atom is -0.490 e. The summed E-state index contributed by atoms with van der Waals surface area (Å²) in [5, 5.41) is 10.6. The molecule has 4 rings (SSSR count). The molecule has 0 saturated heterocycles. The number of oxazole rings is 1. The van der Waals surface area contributed by atoms with Gasteiger partial charge in [0.2, 0.25) is 5.89 Å². The van der Waals surface area contributed by atoms with Crippen molar-refractivity contribution in [3.63, 3.8) is 0 Å². The lowest BCUT2D eigenvalue weighted by molar-refractivity contribution is 0.00696. The second kappa shape index (κ2) is 13.0. The fraction of sp³-hybridized carbons (Fsp3) is 0.355. The van der Waals surface area contributed by atoms with Crippen molar-refractivity contribution in [3.8, 4) is 5.75 Å². The van der Waals surface area contributed by atoms with Gasteiger partial charge in [-0.3, -0.25) is 0 Å². The molecule has 38 heavy (non-hydrogen) atoms. The molecule has 0 aliphatic heterocycles. The molecule has 0 radical (unpaired) electrons. The van der Waals surface area contributed by atoms with Crippen molar-refractivity contribution in [1.82, 2.24) is 4.98 Å². The van der Waals surface area contributed by atoms with Gasteiger partial charge >= 0.3 is 5.97 Å². The average Bonchev–Trinajstić information content (AvgIpc) is 3.33. The maximum atomic E-state index is 12.3. The van der Waals surface area contributed by atoms with Gasteiger partial charge in [-0.05, 0) is 93.8 Å². The van der Waals surface area contributed by atoms with Gasteiger partial charge in [-0.2, -0.15) is 0 Å². The first kappa shape index (κ1) is 27.7. The first-order valence-electron chi connectivity index (χ1n) is 13.0. The Balaban J connectivity index is 1.20. The molecule has 0 bridgehead atoms. The van der Waals surface area contributed by atoms with Crippen LogP contribution in [0.3, 0.4) is 0 Å². The molecule has 1 heterocycles. The van der Waals surface area contributed by atoms with E-state index in [2.05, 4.69) is 35.3 Å². The molecule has 0 fully saturated rings. The van der Waals surface area contributed by atoms with Crippen LogP contribution in [0.25, 0.3) is 11.1 Å². The number of aromatic nitrogens is 1. The zero-order valence-corrected chi connectivity index (χ0v) is 23.0. The Labute approximate surface area is 228 Å². The monoisotopic (exact) mass is 533 g/mol. The Morgan fingerprint density at radius 2 is 1.76 bits per heavy atom. The number of unbranched alkanes of at least 4 members (excludes halogenated alkanes) is 2. The molecule has 0 amide bonds. The number of ether oxygens (including phenoxy) is 2. The molecule has 0 spiro atoms. The SMILES string of the molecule is CC(C)(C)OC(=O)c1ccc2oc(C(O)COc3ccc(SCCCCCc4ccccc4)cc3)nc2c1. The van der Waals surface area contributed by atoms with Gasteiger partial charge in [0, 0.05) is 4.90 Å².